The van der Waals surface area contributed by atoms with Gasteiger partial charge in [0.15, 0.2) is 5.82 Å². The van der Waals surface area contributed by atoms with E-state index in [1.54, 1.807) is 0 Å². The summed E-state index contributed by atoms with van der Waals surface area (Å²) in [4.78, 5) is 12.6. The summed E-state index contributed by atoms with van der Waals surface area (Å²) in [5, 5.41) is 0. The van der Waals surface area contributed by atoms with Gasteiger partial charge in [-0.25, -0.2) is 4.98 Å². The van der Waals surface area contributed by atoms with Crippen LogP contribution in [0.3, 0.4) is 0 Å². The zero-order valence-corrected chi connectivity index (χ0v) is 10.4. The Morgan fingerprint density at radius 3 is 2.44 bits per heavy atom. The molecule has 2 N–H and O–H groups in total. The van der Waals surface area contributed by atoms with E-state index in [9.17, 15) is 0 Å². The molecule has 0 aliphatic carbocycles. The lowest BCUT2D eigenvalue weighted by Crippen LogP contribution is -2.26. The summed E-state index contributed by atoms with van der Waals surface area (Å²) in [6, 6.07) is 0. The number of hydrogen-bond acceptors (Lipinski definition) is 5. The molecule has 5 heteroatoms. The Labute approximate surface area is 96.5 Å². The molecule has 0 saturated carbocycles. The molecule has 1 heterocycles. The molecule has 1 rings (SSSR count). The van der Waals surface area contributed by atoms with E-state index >= 15 is 0 Å². The van der Waals surface area contributed by atoms with Gasteiger partial charge in [-0.15, -0.1) is 0 Å². The van der Waals surface area contributed by atoms with Crippen LogP contribution in [-0.2, 0) is 16.8 Å². The molecule has 0 aliphatic heterocycles. The smallest absolute Gasteiger partial charge is 0.223 e. The third-order valence-corrected chi connectivity index (χ3v) is 2.22. The highest BCUT2D eigenvalue weighted by Gasteiger charge is 2.25. The normalized spacial score (nSPS) is 11.8. The molecule has 0 saturated heterocycles. The van der Waals surface area contributed by atoms with Gasteiger partial charge in [-0.2, -0.15) is 9.97 Å². The molecule has 1 aromatic rings. The van der Waals surface area contributed by atoms with Gasteiger partial charge in [0, 0.05) is 13.0 Å². The van der Waals surface area contributed by atoms with Crippen LogP contribution in [0, 0.1) is 0 Å². The van der Waals surface area contributed by atoms with Crippen molar-refractivity contribution < 1.29 is 4.74 Å². The van der Waals surface area contributed by atoms with Gasteiger partial charge >= 0.3 is 0 Å². The van der Waals surface area contributed by atoms with Crippen LogP contribution in [0.5, 0.6) is 0 Å². The van der Waals surface area contributed by atoms with Crippen LogP contribution in [-0.4, -0.2) is 21.6 Å². The molecular weight excluding hydrogens is 204 g/mol. The fraction of sp³-hybridized carbons (Fsp3) is 0.727. The zero-order valence-electron chi connectivity index (χ0n) is 10.4. The molecule has 0 fully saturated rings. The second kappa shape index (κ2) is 5.21. The molecule has 0 spiro atoms. The first-order valence-corrected chi connectivity index (χ1v) is 5.64. The predicted molar refractivity (Wildman–Crippen MR) is 62.9 cm³/mol. The summed E-state index contributed by atoms with van der Waals surface area (Å²) in [5.74, 6) is 1.60. The van der Waals surface area contributed by atoms with Crippen molar-refractivity contribution in [1.82, 2.24) is 15.0 Å². The molecule has 0 radical (unpaired) electrons. The zero-order chi connectivity index (χ0) is 12.2. The van der Waals surface area contributed by atoms with E-state index in [0.717, 1.165) is 18.7 Å². The first kappa shape index (κ1) is 12.8. The van der Waals surface area contributed by atoms with Gasteiger partial charge in [0.25, 0.3) is 0 Å². The number of hydrogen-bond donors (Lipinski definition) is 1. The van der Waals surface area contributed by atoms with E-state index < -0.39 is 5.60 Å². The molecule has 1 aromatic heterocycles. The van der Waals surface area contributed by atoms with Crippen molar-refractivity contribution in [3.63, 3.8) is 0 Å². The van der Waals surface area contributed by atoms with E-state index in [2.05, 4.69) is 21.9 Å². The van der Waals surface area contributed by atoms with Gasteiger partial charge in [-0.05, 0) is 27.2 Å². The SMILES string of the molecule is CCCc1nc(N)nc(C(C)(C)OCC)n1. The minimum atomic E-state index is -0.520. The molecule has 0 aliphatic rings. The molecular formula is C11H20N4O. The van der Waals surface area contributed by atoms with Gasteiger partial charge in [0.1, 0.15) is 11.4 Å². The summed E-state index contributed by atoms with van der Waals surface area (Å²) >= 11 is 0. The number of anilines is 1. The lowest BCUT2D eigenvalue weighted by molar-refractivity contribution is -0.0210. The average Bonchev–Trinajstić information content (AvgIpc) is 2.17. The van der Waals surface area contributed by atoms with Crippen molar-refractivity contribution in [1.29, 1.82) is 0 Å². The summed E-state index contributed by atoms with van der Waals surface area (Å²) in [7, 11) is 0. The Kier molecular flexibility index (Phi) is 4.18. The first-order valence-electron chi connectivity index (χ1n) is 5.64. The maximum Gasteiger partial charge on any atom is 0.223 e. The fourth-order valence-corrected chi connectivity index (χ4v) is 1.47. The van der Waals surface area contributed by atoms with Crippen LogP contribution < -0.4 is 5.73 Å². The van der Waals surface area contributed by atoms with Gasteiger partial charge in [0.05, 0.1) is 0 Å². The molecule has 0 aromatic carbocycles. The van der Waals surface area contributed by atoms with E-state index in [1.807, 2.05) is 20.8 Å². The third-order valence-electron chi connectivity index (χ3n) is 2.22. The quantitative estimate of drug-likeness (QED) is 0.823. The Morgan fingerprint density at radius 1 is 1.19 bits per heavy atom. The molecule has 0 bridgehead atoms. The Morgan fingerprint density at radius 2 is 1.88 bits per heavy atom. The van der Waals surface area contributed by atoms with Gasteiger partial charge in [0.2, 0.25) is 5.95 Å². The maximum absolute atomic E-state index is 5.66. The molecule has 5 nitrogen and oxygen atoms in total. The van der Waals surface area contributed by atoms with Crippen LogP contribution in [0.2, 0.25) is 0 Å². The summed E-state index contributed by atoms with van der Waals surface area (Å²) in [6.07, 6.45) is 1.79. The summed E-state index contributed by atoms with van der Waals surface area (Å²) in [6.45, 7) is 8.50. The van der Waals surface area contributed by atoms with E-state index in [0.29, 0.717) is 12.4 Å². The lowest BCUT2D eigenvalue weighted by atomic mass is 10.1. The van der Waals surface area contributed by atoms with Gasteiger partial charge in [-0.3, -0.25) is 0 Å². The van der Waals surface area contributed by atoms with Crippen molar-refractivity contribution in [3.05, 3.63) is 11.6 Å². The van der Waals surface area contributed by atoms with Crippen molar-refractivity contribution in [2.45, 2.75) is 46.1 Å². The highest BCUT2D eigenvalue weighted by atomic mass is 16.5. The molecule has 0 amide bonds. The largest absolute Gasteiger partial charge is 0.368 e. The number of nitrogens with zero attached hydrogens (tertiary/aromatic N) is 3. The second-order valence-corrected chi connectivity index (χ2v) is 4.13. The molecule has 0 atom stereocenters. The Balaban J connectivity index is 3.03. The second-order valence-electron chi connectivity index (χ2n) is 4.13. The molecule has 90 valence electrons. The van der Waals surface area contributed by atoms with Gasteiger partial charge < -0.3 is 10.5 Å². The van der Waals surface area contributed by atoms with E-state index in [4.69, 9.17) is 10.5 Å². The number of ether oxygens (including phenoxy) is 1. The number of aromatic nitrogens is 3. The Bertz CT molecular complexity index is 352. The van der Waals surface area contributed by atoms with Crippen molar-refractivity contribution >= 4 is 5.95 Å². The number of nitrogens with two attached hydrogens (primary N) is 1. The number of aryl methyl sites for hydroxylation is 1. The highest BCUT2D eigenvalue weighted by molar-refractivity contribution is 5.18. The standard InChI is InChI=1S/C11H20N4O/c1-5-7-8-13-9(15-10(12)14-8)11(3,4)16-6-2/h5-7H2,1-4H3,(H2,12,13,14,15). The van der Waals surface area contributed by atoms with E-state index in [-0.39, 0.29) is 5.95 Å². The molecule has 16 heavy (non-hydrogen) atoms. The van der Waals surface area contributed by atoms with Crippen molar-refractivity contribution in [2.75, 3.05) is 12.3 Å². The van der Waals surface area contributed by atoms with Crippen LogP contribution in [0.25, 0.3) is 0 Å². The summed E-state index contributed by atoms with van der Waals surface area (Å²) in [5.41, 5.74) is 5.15. The van der Waals surface area contributed by atoms with Crippen LogP contribution in [0.4, 0.5) is 5.95 Å². The minimum absolute atomic E-state index is 0.265. The molecule has 0 unspecified atom stereocenters. The summed E-state index contributed by atoms with van der Waals surface area (Å²) < 4.78 is 5.60. The van der Waals surface area contributed by atoms with Crippen LogP contribution in [0.15, 0.2) is 0 Å². The number of rotatable bonds is 5. The fourth-order valence-electron chi connectivity index (χ4n) is 1.47. The average molecular weight is 224 g/mol. The first-order chi connectivity index (χ1) is 7.49. The minimum Gasteiger partial charge on any atom is -0.368 e. The van der Waals surface area contributed by atoms with Crippen molar-refractivity contribution in [2.24, 2.45) is 0 Å². The number of nitrogen functional groups attached to an aromatic ring is 1. The maximum atomic E-state index is 5.66. The lowest BCUT2D eigenvalue weighted by Gasteiger charge is -2.23. The Hall–Kier alpha value is -1.23. The van der Waals surface area contributed by atoms with Crippen LogP contribution in [0.1, 0.15) is 45.8 Å². The van der Waals surface area contributed by atoms with Crippen LogP contribution >= 0.6 is 0 Å². The van der Waals surface area contributed by atoms with E-state index in [1.165, 1.54) is 0 Å². The third kappa shape index (κ3) is 3.13. The highest BCUT2D eigenvalue weighted by Crippen LogP contribution is 2.21. The predicted octanol–water partition coefficient (Wildman–Crippen LogP) is 1.68. The monoisotopic (exact) mass is 224 g/mol. The van der Waals surface area contributed by atoms with Gasteiger partial charge in [-0.1, -0.05) is 6.92 Å². The topological polar surface area (TPSA) is 73.9 Å². The van der Waals surface area contributed by atoms with Crippen molar-refractivity contribution in [3.8, 4) is 0 Å².